The Morgan fingerprint density at radius 2 is 1.50 bits per heavy atom. The zero-order chi connectivity index (χ0) is 21.9. The molecule has 1 saturated heterocycles. The topological polar surface area (TPSA) is 55.6 Å². The van der Waals surface area contributed by atoms with Crippen molar-refractivity contribution in [2.45, 2.75) is 52.2 Å². The van der Waals surface area contributed by atoms with Crippen LogP contribution < -0.4 is 5.73 Å². The molecule has 1 aliphatic rings. The van der Waals surface area contributed by atoms with Gasteiger partial charge in [-0.05, 0) is 74.9 Å². The molecule has 5 heteroatoms. The summed E-state index contributed by atoms with van der Waals surface area (Å²) in [5.74, 6) is -0.254. The first kappa shape index (κ1) is 22.0. The number of hydrogen-bond acceptors (Lipinski definition) is 3. The van der Waals surface area contributed by atoms with Crippen LogP contribution in [0, 0.1) is 5.82 Å². The fourth-order valence-electron chi connectivity index (χ4n) is 3.68. The Hall–Kier alpha value is -2.66. The normalized spacial score (nSPS) is 15.7. The molecule has 0 aliphatic carbocycles. The third-order valence-corrected chi connectivity index (χ3v) is 5.23. The van der Waals surface area contributed by atoms with Gasteiger partial charge < -0.3 is 15.4 Å². The number of amides is 1. The van der Waals surface area contributed by atoms with Crippen molar-refractivity contribution in [3.8, 4) is 0 Å². The number of rotatable bonds is 3. The van der Waals surface area contributed by atoms with Gasteiger partial charge in [-0.1, -0.05) is 42.0 Å². The molecule has 3 rings (SSSR count). The minimum atomic E-state index is -0.506. The number of halogens is 1. The van der Waals surface area contributed by atoms with Crippen LogP contribution in [0.3, 0.4) is 0 Å². The predicted octanol–water partition coefficient (Wildman–Crippen LogP) is 5.68. The summed E-state index contributed by atoms with van der Waals surface area (Å²) in [6.45, 7) is 8.79. The number of likely N-dealkylation sites (tertiary alicyclic amines) is 1. The molecule has 1 heterocycles. The number of nitrogens with zero attached hydrogens (tertiary/aromatic N) is 1. The molecule has 160 valence electrons. The number of carbonyl (C=O) groups is 1. The number of nitrogens with two attached hydrogens (primary N) is 1. The van der Waals surface area contributed by atoms with Crippen molar-refractivity contribution < 1.29 is 13.9 Å². The summed E-state index contributed by atoms with van der Waals surface area (Å²) in [5, 5.41) is 0. The molecule has 1 atom stereocenters. The van der Waals surface area contributed by atoms with E-state index in [1.807, 2.05) is 52.0 Å². The Bertz CT molecular complexity index is 900. The second kappa shape index (κ2) is 9.00. The highest BCUT2D eigenvalue weighted by atomic mass is 19.1. The second-order valence-corrected chi connectivity index (χ2v) is 8.86. The Balaban J connectivity index is 1.90. The van der Waals surface area contributed by atoms with Crippen LogP contribution in [0.25, 0.3) is 5.57 Å². The Morgan fingerprint density at radius 3 is 1.97 bits per heavy atom. The van der Waals surface area contributed by atoms with E-state index in [0.717, 1.165) is 35.1 Å². The van der Waals surface area contributed by atoms with Gasteiger partial charge in [-0.15, -0.1) is 0 Å². The maximum absolute atomic E-state index is 13.5. The van der Waals surface area contributed by atoms with E-state index in [-0.39, 0.29) is 18.0 Å². The lowest BCUT2D eigenvalue weighted by Gasteiger charge is -2.32. The third kappa shape index (κ3) is 5.48. The van der Waals surface area contributed by atoms with Crippen molar-refractivity contribution >= 4 is 11.7 Å². The van der Waals surface area contributed by atoms with Gasteiger partial charge in [0.05, 0.1) is 0 Å². The standard InChI is InChI=1S/C25H31FN2O2/c1-17(27)18-5-7-19(8-6-18)23(20-9-11-22(26)12-10-20)21-13-15-28(16-14-21)24(29)30-25(2,3)4/h5-12,17H,13-16,27H2,1-4H3/t17-/m1/s1. The lowest BCUT2D eigenvalue weighted by atomic mass is 9.88. The highest BCUT2D eigenvalue weighted by Crippen LogP contribution is 2.33. The van der Waals surface area contributed by atoms with Crippen LogP contribution in [0.2, 0.25) is 0 Å². The fraction of sp³-hybridized carbons (Fsp3) is 0.400. The molecule has 2 aromatic rings. The minimum absolute atomic E-state index is 0.0296. The van der Waals surface area contributed by atoms with Crippen molar-refractivity contribution in [1.82, 2.24) is 4.90 Å². The zero-order valence-electron chi connectivity index (χ0n) is 18.2. The van der Waals surface area contributed by atoms with Gasteiger partial charge in [0.15, 0.2) is 0 Å². The maximum Gasteiger partial charge on any atom is 0.410 e. The van der Waals surface area contributed by atoms with E-state index >= 15 is 0 Å². The van der Waals surface area contributed by atoms with Crippen LogP contribution in [-0.4, -0.2) is 29.7 Å². The zero-order valence-corrected chi connectivity index (χ0v) is 18.2. The molecule has 0 radical (unpaired) electrons. The molecular formula is C25H31FN2O2. The molecule has 4 nitrogen and oxygen atoms in total. The number of benzene rings is 2. The quantitative estimate of drug-likeness (QED) is 0.708. The van der Waals surface area contributed by atoms with E-state index in [2.05, 4.69) is 12.1 Å². The molecule has 2 N–H and O–H groups in total. The first-order valence-electron chi connectivity index (χ1n) is 10.5. The van der Waals surface area contributed by atoms with E-state index in [0.29, 0.717) is 13.1 Å². The Kier molecular flexibility index (Phi) is 6.61. The average molecular weight is 411 g/mol. The molecule has 1 amide bonds. The van der Waals surface area contributed by atoms with Crippen LogP contribution in [0.4, 0.5) is 9.18 Å². The van der Waals surface area contributed by atoms with Gasteiger partial charge in [0.1, 0.15) is 11.4 Å². The monoisotopic (exact) mass is 410 g/mol. The van der Waals surface area contributed by atoms with E-state index in [4.69, 9.17) is 10.5 Å². The summed E-state index contributed by atoms with van der Waals surface area (Å²) in [6.07, 6.45) is 1.23. The molecule has 1 fully saturated rings. The van der Waals surface area contributed by atoms with Gasteiger partial charge in [0.25, 0.3) is 0 Å². The van der Waals surface area contributed by atoms with Gasteiger partial charge >= 0.3 is 6.09 Å². The van der Waals surface area contributed by atoms with E-state index < -0.39 is 5.60 Å². The van der Waals surface area contributed by atoms with Crippen molar-refractivity contribution in [2.75, 3.05) is 13.1 Å². The lowest BCUT2D eigenvalue weighted by molar-refractivity contribution is 0.0236. The number of hydrogen-bond donors (Lipinski definition) is 1. The summed E-state index contributed by atoms with van der Waals surface area (Å²) in [4.78, 5) is 14.2. The molecule has 1 aliphatic heterocycles. The first-order valence-corrected chi connectivity index (χ1v) is 10.5. The van der Waals surface area contributed by atoms with Gasteiger partial charge in [0.2, 0.25) is 0 Å². The summed E-state index contributed by atoms with van der Waals surface area (Å²) in [6, 6.07) is 14.8. The Labute approximate surface area is 178 Å². The molecule has 0 saturated carbocycles. The van der Waals surface area contributed by atoms with Crippen LogP contribution in [0.5, 0.6) is 0 Å². The largest absolute Gasteiger partial charge is 0.444 e. The van der Waals surface area contributed by atoms with Crippen molar-refractivity contribution in [2.24, 2.45) is 5.73 Å². The summed E-state index contributed by atoms with van der Waals surface area (Å²) in [7, 11) is 0. The SMILES string of the molecule is C[C@@H](N)c1ccc(C(=C2CCN(C(=O)OC(C)(C)C)CC2)c2ccc(F)cc2)cc1. The van der Waals surface area contributed by atoms with E-state index in [1.165, 1.54) is 17.7 Å². The van der Waals surface area contributed by atoms with Crippen LogP contribution >= 0.6 is 0 Å². The van der Waals surface area contributed by atoms with E-state index in [9.17, 15) is 9.18 Å². The van der Waals surface area contributed by atoms with Crippen LogP contribution in [0.1, 0.15) is 63.3 Å². The molecule has 30 heavy (non-hydrogen) atoms. The molecule has 2 aromatic carbocycles. The predicted molar refractivity (Wildman–Crippen MR) is 119 cm³/mol. The van der Waals surface area contributed by atoms with Crippen molar-refractivity contribution in [1.29, 1.82) is 0 Å². The molecule has 0 bridgehead atoms. The van der Waals surface area contributed by atoms with Gasteiger partial charge in [-0.25, -0.2) is 9.18 Å². The fourth-order valence-corrected chi connectivity index (χ4v) is 3.68. The van der Waals surface area contributed by atoms with Gasteiger partial charge in [-0.2, -0.15) is 0 Å². The molecule has 0 unspecified atom stereocenters. The minimum Gasteiger partial charge on any atom is -0.444 e. The van der Waals surface area contributed by atoms with Crippen LogP contribution in [-0.2, 0) is 4.74 Å². The highest BCUT2D eigenvalue weighted by Gasteiger charge is 2.26. The molecule has 0 aromatic heterocycles. The molecule has 0 spiro atoms. The summed E-state index contributed by atoms with van der Waals surface area (Å²) >= 11 is 0. The smallest absolute Gasteiger partial charge is 0.410 e. The lowest BCUT2D eigenvalue weighted by Crippen LogP contribution is -2.40. The van der Waals surface area contributed by atoms with E-state index in [1.54, 1.807) is 4.90 Å². The summed E-state index contributed by atoms with van der Waals surface area (Å²) in [5.41, 5.74) is 11.0. The van der Waals surface area contributed by atoms with Crippen molar-refractivity contribution in [3.05, 3.63) is 76.6 Å². The van der Waals surface area contributed by atoms with Crippen LogP contribution in [0.15, 0.2) is 54.1 Å². The molecular weight excluding hydrogens is 379 g/mol. The number of piperidine rings is 1. The number of carbonyl (C=O) groups excluding carboxylic acids is 1. The van der Waals surface area contributed by atoms with Gasteiger partial charge in [0, 0.05) is 19.1 Å². The van der Waals surface area contributed by atoms with Crippen molar-refractivity contribution in [3.63, 3.8) is 0 Å². The average Bonchev–Trinajstić information content (AvgIpc) is 2.69. The highest BCUT2D eigenvalue weighted by molar-refractivity contribution is 5.82. The Morgan fingerprint density at radius 1 is 1.00 bits per heavy atom. The third-order valence-electron chi connectivity index (χ3n) is 5.23. The second-order valence-electron chi connectivity index (χ2n) is 8.86. The van der Waals surface area contributed by atoms with Gasteiger partial charge in [-0.3, -0.25) is 0 Å². The summed E-state index contributed by atoms with van der Waals surface area (Å²) < 4.78 is 19.0. The first-order chi connectivity index (χ1) is 14.1. The maximum atomic E-state index is 13.5. The number of ether oxygens (including phenoxy) is 1.